The van der Waals surface area contributed by atoms with Crippen molar-refractivity contribution in [3.63, 3.8) is 0 Å². The lowest BCUT2D eigenvalue weighted by Gasteiger charge is -2.39. The minimum absolute atomic E-state index is 0.0841. The van der Waals surface area contributed by atoms with Crippen molar-refractivity contribution >= 4 is 17.7 Å². The van der Waals surface area contributed by atoms with E-state index >= 15 is 0 Å². The van der Waals surface area contributed by atoms with Gasteiger partial charge in [0.2, 0.25) is 5.91 Å². The average molecular weight is 314 g/mol. The van der Waals surface area contributed by atoms with Gasteiger partial charge in [0.05, 0.1) is 19.1 Å². The zero-order valence-electron chi connectivity index (χ0n) is 12.9. The molecule has 0 radical (unpaired) electrons. The predicted octanol–water partition coefficient (Wildman–Crippen LogP) is -0.620. The van der Waals surface area contributed by atoms with Crippen LogP contribution in [0.15, 0.2) is 0 Å². The highest BCUT2D eigenvalue weighted by Gasteiger charge is 2.48. The normalized spacial score (nSPS) is 33.0. The number of ketones is 1. The average Bonchev–Trinajstić information content (AvgIpc) is 2.76. The van der Waals surface area contributed by atoms with E-state index in [4.69, 9.17) is 9.84 Å². The maximum absolute atomic E-state index is 12.6. The molecule has 2 aliphatic heterocycles. The number of aliphatic hydroxyl groups is 2. The number of nitrogens with one attached hydrogen (secondary N) is 1. The van der Waals surface area contributed by atoms with Crippen molar-refractivity contribution in [2.45, 2.75) is 58.1 Å². The first kappa shape index (κ1) is 16.9. The molecule has 3 amide bonds. The van der Waals surface area contributed by atoms with Crippen molar-refractivity contribution in [2.24, 2.45) is 5.41 Å². The van der Waals surface area contributed by atoms with Crippen LogP contribution >= 0.6 is 0 Å². The summed E-state index contributed by atoms with van der Waals surface area (Å²) < 4.78 is 5.46. The fourth-order valence-electron chi connectivity index (χ4n) is 2.75. The van der Waals surface area contributed by atoms with Crippen LogP contribution in [0.5, 0.6) is 0 Å². The SMILES string of the molecule is CC(C)(C)C(=O)C1CC(=O)NC(=O)N1[C@H]1C[C@H](O)[C@@H](CO)O1. The Kier molecular flexibility index (Phi) is 4.55. The molecule has 0 aromatic rings. The van der Waals surface area contributed by atoms with E-state index in [1.165, 1.54) is 4.90 Å². The topological polar surface area (TPSA) is 116 Å². The maximum atomic E-state index is 12.6. The third kappa shape index (κ3) is 3.13. The molecule has 22 heavy (non-hydrogen) atoms. The number of amides is 3. The summed E-state index contributed by atoms with van der Waals surface area (Å²) >= 11 is 0. The van der Waals surface area contributed by atoms with Crippen LogP contribution in [0.3, 0.4) is 0 Å². The second-order valence-corrected chi connectivity index (χ2v) is 6.71. The van der Waals surface area contributed by atoms with E-state index in [0.29, 0.717) is 0 Å². The molecule has 0 aliphatic carbocycles. The molecule has 8 nitrogen and oxygen atoms in total. The summed E-state index contributed by atoms with van der Waals surface area (Å²) in [5.41, 5.74) is -0.728. The fourth-order valence-corrected chi connectivity index (χ4v) is 2.75. The second kappa shape index (κ2) is 5.94. The number of rotatable bonds is 3. The van der Waals surface area contributed by atoms with Gasteiger partial charge in [-0.1, -0.05) is 20.8 Å². The van der Waals surface area contributed by atoms with E-state index in [-0.39, 0.29) is 25.2 Å². The van der Waals surface area contributed by atoms with Gasteiger partial charge in [-0.15, -0.1) is 0 Å². The number of ether oxygens (including phenoxy) is 1. The van der Waals surface area contributed by atoms with Crippen LogP contribution in [0.25, 0.3) is 0 Å². The van der Waals surface area contributed by atoms with Crippen LogP contribution in [0, 0.1) is 5.41 Å². The summed E-state index contributed by atoms with van der Waals surface area (Å²) in [6.45, 7) is 4.76. The molecule has 0 aromatic carbocycles. The Balaban J connectivity index is 2.27. The molecule has 4 atom stereocenters. The van der Waals surface area contributed by atoms with Crippen molar-refractivity contribution in [2.75, 3.05) is 6.61 Å². The predicted molar refractivity (Wildman–Crippen MR) is 74.6 cm³/mol. The molecule has 2 rings (SSSR count). The lowest BCUT2D eigenvalue weighted by atomic mass is 9.84. The molecule has 124 valence electrons. The molecule has 3 N–H and O–H groups in total. The number of hydrogen-bond acceptors (Lipinski definition) is 6. The number of nitrogens with zero attached hydrogens (tertiary/aromatic N) is 1. The summed E-state index contributed by atoms with van der Waals surface area (Å²) in [4.78, 5) is 37.5. The molecular formula is C14H22N2O6. The monoisotopic (exact) mass is 314 g/mol. The second-order valence-electron chi connectivity index (χ2n) is 6.71. The van der Waals surface area contributed by atoms with Gasteiger partial charge < -0.3 is 14.9 Å². The van der Waals surface area contributed by atoms with Crippen LogP contribution < -0.4 is 5.32 Å². The Hall–Kier alpha value is -1.51. The molecule has 1 unspecified atom stereocenters. The van der Waals surface area contributed by atoms with Gasteiger partial charge in [0.1, 0.15) is 18.4 Å². The Morgan fingerprint density at radius 1 is 1.41 bits per heavy atom. The third-order valence-electron chi connectivity index (χ3n) is 3.93. The molecule has 2 fully saturated rings. The molecule has 2 aliphatic rings. The molecule has 0 saturated carbocycles. The van der Waals surface area contributed by atoms with Crippen LogP contribution in [-0.4, -0.2) is 63.9 Å². The smallest absolute Gasteiger partial charge is 0.326 e. The van der Waals surface area contributed by atoms with Crippen LogP contribution in [0.1, 0.15) is 33.6 Å². The van der Waals surface area contributed by atoms with E-state index in [1.807, 2.05) is 0 Å². The Bertz CT molecular complexity index is 486. The van der Waals surface area contributed by atoms with Gasteiger partial charge in [-0.2, -0.15) is 0 Å². The molecule has 0 aromatic heterocycles. The summed E-state index contributed by atoms with van der Waals surface area (Å²) in [6.07, 6.45) is -2.63. The molecule has 0 bridgehead atoms. The zero-order valence-corrected chi connectivity index (χ0v) is 12.9. The lowest BCUT2D eigenvalue weighted by molar-refractivity contribution is -0.143. The van der Waals surface area contributed by atoms with Crippen molar-refractivity contribution in [3.8, 4) is 0 Å². The largest absolute Gasteiger partial charge is 0.394 e. The molecule has 2 saturated heterocycles. The highest BCUT2D eigenvalue weighted by atomic mass is 16.5. The third-order valence-corrected chi connectivity index (χ3v) is 3.93. The Morgan fingerprint density at radius 2 is 2.05 bits per heavy atom. The number of hydrogen-bond donors (Lipinski definition) is 3. The highest BCUT2D eigenvalue weighted by molar-refractivity contribution is 6.04. The van der Waals surface area contributed by atoms with Gasteiger partial charge in [-0.3, -0.25) is 19.8 Å². The van der Waals surface area contributed by atoms with Gasteiger partial charge in [0.15, 0.2) is 5.78 Å². The van der Waals surface area contributed by atoms with Crippen molar-refractivity contribution < 1.29 is 29.3 Å². The molecule has 0 spiro atoms. The first-order valence-electron chi connectivity index (χ1n) is 7.26. The number of urea groups is 1. The van der Waals surface area contributed by atoms with Crippen molar-refractivity contribution in [3.05, 3.63) is 0 Å². The zero-order chi connectivity index (χ0) is 16.7. The Labute approximate surface area is 128 Å². The molecule has 8 heteroatoms. The highest BCUT2D eigenvalue weighted by Crippen LogP contribution is 2.30. The number of imide groups is 1. The van der Waals surface area contributed by atoms with E-state index in [0.717, 1.165) is 0 Å². The maximum Gasteiger partial charge on any atom is 0.326 e. The molecular weight excluding hydrogens is 292 g/mol. The summed E-state index contributed by atoms with van der Waals surface area (Å²) in [6, 6.07) is -1.65. The minimum atomic E-state index is -0.934. The standard InChI is InChI=1S/C14H22N2O6/c1-14(2,3)12(20)7-4-10(19)15-13(21)16(7)11-5-8(18)9(6-17)22-11/h7-9,11,17-18H,4-6H2,1-3H3,(H,15,19,21)/t7?,8-,9+,11+/m0/s1. The first-order chi connectivity index (χ1) is 10.1. The number of Topliss-reactive ketones (excluding diaryl/α,β-unsaturated/α-hetero) is 1. The number of carbonyl (C=O) groups excluding carboxylic acids is 3. The Morgan fingerprint density at radius 3 is 2.55 bits per heavy atom. The quantitative estimate of drug-likeness (QED) is 0.639. The molecule has 2 heterocycles. The van der Waals surface area contributed by atoms with Crippen molar-refractivity contribution in [1.82, 2.24) is 10.2 Å². The minimum Gasteiger partial charge on any atom is -0.394 e. The van der Waals surface area contributed by atoms with E-state index in [1.54, 1.807) is 20.8 Å². The van der Waals surface area contributed by atoms with Crippen LogP contribution in [0.2, 0.25) is 0 Å². The summed E-state index contributed by atoms with van der Waals surface area (Å²) in [7, 11) is 0. The van der Waals surface area contributed by atoms with Gasteiger partial charge in [0, 0.05) is 11.8 Å². The van der Waals surface area contributed by atoms with Crippen LogP contribution in [0.4, 0.5) is 4.79 Å². The summed E-state index contributed by atoms with van der Waals surface area (Å²) in [5, 5.41) is 21.1. The number of carbonyl (C=O) groups is 3. The van der Waals surface area contributed by atoms with Gasteiger partial charge in [-0.25, -0.2) is 4.79 Å². The lowest BCUT2D eigenvalue weighted by Crippen LogP contribution is -2.62. The summed E-state index contributed by atoms with van der Waals surface area (Å²) in [5.74, 6) is -0.762. The van der Waals surface area contributed by atoms with Gasteiger partial charge >= 0.3 is 6.03 Å². The van der Waals surface area contributed by atoms with E-state index < -0.39 is 41.8 Å². The van der Waals surface area contributed by atoms with E-state index in [9.17, 15) is 19.5 Å². The fraction of sp³-hybridized carbons (Fsp3) is 0.786. The number of aliphatic hydroxyl groups excluding tert-OH is 2. The first-order valence-corrected chi connectivity index (χ1v) is 7.26. The van der Waals surface area contributed by atoms with Gasteiger partial charge in [0.25, 0.3) is 0 Å². The van der Waals surface area contributed by atoms with Gasteiger partial charge in [-0.05, 0) is 0 Å². The van der Waals surface area contributed by atoms with Crippen molar-refractivity contribution in [1.29, 1.82) is 0 Å². The van der Waals surface area contributed by atoms with Crippen LogP contribution in [-0.2, 0) is 14.3 Å². The van der Waals surface area contributed by atoms with E-state index in [2.05, 4.69) is 5.32 Å².